The third-order valence-electron chi connectivity index (χ3n) is 10.3. The second-order valence-corrected chi connectivity index (χ2v) is 13.4. The summed E-state index contributed by atoms with van der Waals surface area (Å²) in [5.41, 5.74) is 13.0. The minimum Gasteiger partial charge on any atom is -0.456 e. The number of hydrogen-bond acceptors (Lipinski definition) is 3. The average Bonchev–Trinajstić information content (AvgIpc) is 3.61. The lowest BCUT2D eigenvalue weighted by molar-refractivity contribution is 0.658. The molecule has 9 aromatic rings. The predicted molar refractivity (Wildman–Crippen MR) is 198 cm³/mol. The molecule has 0 aliphatic heterocycles. The Morgan fingerprint density at radius 1 is 0.458 bits per heavy atom. The average molecular weight is 615 g/mol. The lowest BCUT2D eigenvalue weighted by atomic mass is 9.82. The Kier molecular flexibility index (Phi) is 5.63. The highest BCUT2D eigenvalue weighted by Crippen LogP contribution is 2.51. The monoisotopic (exact) mass is 614 g/mol. The molecule has 48 heavy (non-hydrogen) atoms. The fourth-order valence-electron chi connectivity index (χ4n) is 7.83. The number of nitrogens with zero attached hydrogens (tertiary/aromatic N) is 2. The Labute approximate surface area is 278 Å². The molecule has 2 aromatic heterocycles. The fraction of sp³-hybridized carbons (Fsp3) is 0.0667. The van der Waals surface area contributed by atoms with E-state index in [2.05, 4.69) is 141 Å². The maximum atomic E-state index is 6.33. The minimum absolute atomic E-state index is 0.146. The van der Waals surface area contributed by atoms with Crippen molar-refractivity contribution in [3.05, 3.63) is 157 Å². The van der Waals surface area contributed by atoms with E-state index in [1.807, 2.05) is 18.2 Å². The summed E-state index contributed by atoms with van der Waals surface area (Å²) < 4.78 is 6.33. The first-order chi connectivity index (χ1) is 23.5. The number of benzene rings is 7. The topological polar surface area (TPSA) is 38.9 Å². The van der Waals surface area contributed by atoms with Gasteiger partial charge in [0.2, 0.25) is 0 Å². The third kappa shape index (κ3) is 3.94. The van der Waals surface area contributed by atoms with Crippen LogP contribution in [0.5, 0.6) is 0 Å². The van der Waals surface area contributed by atoms with Crippen molar-refractivity contribution in [2.45, 2.75) is 19.3 Å². The van der Waals surface area contributed by atoms with Crippen LogP contribution in [0.25, 0.3) is 88.5 Å². The number of para-hydroxylation sites is 1. The molecule has 226 valence electrons. The Morgan fingerprint density at radius 3 is 2.10 bits per heavy atom. The molecule has 0 spiro atoms. The van der Waals surface area contributed by atoms with Crippen molar-refractivity contribution in [1.82, 2.24) is 9.97 Å². The van der Waals surface area contributed by atoms with Crippen LogP contribution in [0.15, 0.2) is 150 Å². The normalized spacial score (nSPS) is 13.4. The molecule has 0 atom stereocenters. The molecule has 0 amide bonds. The van der Waals surface area contributed by atoms with Crippen molar-refractivity contribution in [2.24, 2.45) is 0 Å². The first-order valence-electron chi connectivity index (χ1n) is 16.5. The number of furan rings is 1. The van der Waals surface area contributed by atoms with Gasteiger partial charge in [-0.2, -0.15) is 0 Å². The second-order valence-electron chi connectivity index (χ2n) is 13.4. The summed E-state index contributed by atoms with van der Waals surface area (Å²) in [5.74, 6) is 0.720. The highest BCUT2D eigenvalue weighted by Gasteiger charge is 2.36. The standard InChI is InChI=1S/C45H30N2O/c1-45(2)38-21-19-30(24-34(38)35-26-42-36(25-39(35)45)33-16-8-9-18-41(33)48-42)44-46-40-22-20-29(32-17-10-14-27-11-6-7-15-31(27)32)23-37(40)43(47-44)28-12-4-3-5-13-28/h3-26H,1-2H3. The van der Waals surface area contributed by atoms with Crippen LogP contribution in [0.3, 0.4) is 0 Å². The molecular formula is C45H30N2O. The van der Waals surface area contributed by atoms with Gasteiger partial charge in [-0.15, -0.1) is 0 Å². The van der Waals surface area contributed by atoms with Crippen LogP contribution in [0.1, 0.15) is 25.0 Å². The van der Waals surface area contributed by atoms with Crippen molar-refractivity contribution >= 4 is 43.6 Å². The Morgan fingerprint density at radius 2 is 1.21 bits per heavy atom. The molecule has 0 saturated heterocycles. The minimum atomic E-state index is -0.146. The van der Waals surface area contributed by atoms with Crippen molar-refractivity contribution in [3.63, 3.8) is 0 Å². The zero-order chi connectivity index (χ0) is 32.0. The van der Waals surface area contributed by atoms with E-state index in [0.29, 0.717) is 0 Å². The van der Waals surface area contributed by atoms with Crippen LogP contribution in [0, 0.1) is 0 Å². The molecule has 1 aliphatic carbocycles. The molecule has 3 heteroatoms. The molecule has 0 saturated carbocycles. The summed E-state index contributed by atoms with van der Waals surface area (Å²) in [6, 6.07) is 51.7. The quantitative estimate of drug-likeness (QED) is 0.199. The van der Waals surface area contributed by atoms with Gasteiger partial charge >= 0.3 is 0 Å². The van der Waals surface area contributed by atoms with Gasteiger partial charge in [0.1, 0.15) is 11.2 Å². The van der Waals surface area contributed by atoms with Crippen molar-refractivity contribution in [3.8, 4) is 44.9 Å². The SMILES string of the molecule is CC1(C)c2ccc(-c3nc(-c4ccccc4)c4cc(-c5cccc6ccccc56)ccc4n3)cc2-c2cc3oc4ccccc4c3cc21. The van der Waals surface area contributed by atoms with Crippen LogP contribution in [-0.2, 0) is 5.41 Å². The molecule has 0 radical (unpaired) electrons. The lowest BCUT2D eigenvalue weighted by Gasteiger charge is -2.21. The van der Waals surface area contributed by atoms with Gasteiger partial charge in [0, 0.05) is 32.7 Å². The summed E-state index contributed by atoms with van der Waals surface area (Å²) in [6.45, 7) is 4.64. The summed E-state index contributed by atoms with van der Waals surface area (Å²) in [7, 11) is 0. The molecule has 7 aromatic carbocycles. The molecule has 3 nitrogen and oxygen atoms in total. The van der Waals surface area contributed by atoms with Crippen LogP contribution >= 0.6 is 0 Å². The molecule has 0 unspecified atom stereocenters. The fourth-order valence-corrected chi connectivity index (χ4v) is 7.83. The third-order valence-corrected chi connectivity index (χ3v) is 10.3. The predicted octanol–water partition coefficient (Wildman–Crippen LogP) is 12.0. The number of aromatic nitrogens is 2. The zero-order valence-corrected chi connectivity index (χ0v) is 26.7. The van der Waals surface area contributed by atoms with Crippen LogP contribution in [0.4, 0.5) is 0 Å². The Bertz CT molecular complexity index is 2750. The van der Waals surface area contributed by atoms with Gasteiger partial charge in [0.25, 0.3) is 0 Å². The largest absolute Gasteiger partial charge is 0.456 e. The first-order valence-corrected chi connectivity index (χ1v) is 16.5. The molecule has 0 fully saturated rings. The van der Waals surface area contributed by atoms with Gasteiger partial charge in [-0.1, -0.05) is 123 Å². The number of rotatable bonds is 3. The van der Waals surface area contributed by atoms with Crippen molar-refractivity contribution in [2.75, 3.05) is 0 Å². The van der Waals surface area contributed by atoms with Gasteiger partial charge in [-0.25, -0.2) is 9.97 Å². The molecular weight excluding hydrogens is 585 g/mol. The second kappa shape index (κ2) is 9.97. The summed E-state index contributed by atoms with van der Waals surface area (Å²) >= 11 is 0. The van der Waals surface area contributed by atoms with Crippen LogP contribution < -0.4 is 0 Å². The Hall–Kier alpha value is -6.06. The van der Waals surface area contributed by atoms with E-state index in [4.69, 9.17) is 14.4 Å². The van der Waals surface area contributed by atoms with Gasteiger partial charge in [-0.3, -0.25) is 0 Å². The number of fused-ring (bicyclic) bond motifs is 8. The van der Waals surface area contributed by atoms with Gasteiger partial charge in [0.15, 0.2) is 5.82 Å². The van der Waals surface area contributed by atoms with Gasteiger partial charge in [0.05, 0.1) is 11.2 Å². The van der Waals surface area contributed by atoms with Crippen LogP contribution in [-0.4, -0.2) is 9.97 Å². The van der Waals surface area contributed by atoms with Crippen molar-refractivity contribution in [1.29, 1.82) is 0 Å². The zero-order valence-electron chi connectivity index (χ0n) is 26.7. The molecule has 2 heterocycles. The summed E-state index contributed by atoms with van der Waals surface area (Å²) in [6.07, 6.45) is 0. The highest BCUT2D eigenvalue weighted by atomic mass is 16.3. The highest BCUT2D eigenvalue weighted by molar-refractivity contribution is 6.08. The van der Waals surface area contributed by atoms with Gasteiger partial charge in [-0.05, 0) is 80.6 Å². The van der Waals surface area contributed by atoms with Crippen molar-refractivity contribution < 1.29 is 4.42 Å². The smallest absolute Gasteiger partial charge is 0.160 e. The summed E-state index contributed by atoms with van der Waals surface area (Å²) in [5, 5.41) is 5.82. The van der Waals surface area contributed by atoms with E-state index in [1.54, 1.807) is 0 Å². The number of hydrogen-bond donors (Lipinski definition) is 0. The first kappa shape index (κ1) is 27.1. The van der Waals surface area contributed by atoms with Crippen LogP contribution in [0.2, 0.25) is 0 Å². The molecule has 1 aliphatic rings. The molecule has 0 bridgehead atoms. The van der Waals surface area contributed by atoms with E-state index in [0.717, 1.165) is 55.7 Å². The lowest BCUT2D eigenvalue weighted by Crippen LogP contribution is -2.14. The van der Waals surface area contributed by atoms with E-state index in [1.165, 1.54) is 44.0 Å². The van der Waals surface area contributed by atoms with Gasteiger partial charge < -0.3 is 4.42 Å². The van der Waals surface area contributed by atoms with E-state index < -0.39 is 0 Å². The van der Waals surface area contributed by atoms with E-state index >= 15 is 0 Å². The Balaban J connectivity index is 1.16. The maximum Gasteiger partial charge on any atom is 0.160 e. The molecule has 0 N–H and O–H groups in total. The van der Waals surface area contributed by atoms with E-state index in [-0.39, 0.29) is 5.41 Å². The summed E-state index contributed by atoms with van der Waals surface area (Å²) in [4.78, 5) is 10.5. The maximum absolute atomic E-state index is 6.33. The molecule has 10 rings (SSSR count). The van der Waals surface area contributed by atoms with E-state index in [9.17, 15) is 0 Å².